The summed E-state index contributed by atoms with van der Waals surface area (Å²) in [6, 6.07) is 0. The summed E-state index contributed by atoms with van der Waals surface area (Å²) in [6.45, 7) is 2.36. The quantitative estimate of drug-likeness (QED) is 0.0146. The maximum absolute atomic E-state index is 13.0. The lowest BCUT2D eigenvalue weighted by atomic mass is 10.0. The molecule has 0 aliphatic heterocycles. The molecule has 632 valence electrons. The number of carbonyl (C=O) groups is 3. The Morgan fingerprint density at radius 2 is 0.477 bits per heavy atom. The number of carbonyl (C=O) groups excluding carboxylic acids is 3. The first-order valence-electron chi connectivity index (χ1n) is 43.1. The van der Waals surface area contributed by atoms with E-state index in [1.807, 2.05) is 0 Å². The molecule has 0 amide bonds. The van der Waals surface area contributed by atoms with Gasteiger partial charge in [-0.25, -0.2) is 9.13 Å². The number of phosphoric acid groups is 2. The van der Waals surface area contributed by atoms with E-state index in [-0.39, 0.29) is 19.3 Å². The lowest BCUT2D eigenvalue weighted by Gasteiger charge is -2.21. The Labute approximate surface area is 675 Å². The van der Waals surface area contributed by atoms with Crippen LogP contribution in [0.5, 0.6) is 0 Å². The average molecular weight is 1590 g/mol. The number of esters is 3. The topological polar surface area (TPSA) is 231 Å². The van der Waals surface area contributed by atoms with E-state index >= 15 is 0 Å². The van der Waals surface area contributed by atoms with Gasteiger partial charge in [-0.1, -0.05) is 331 Å². The molecular weight excluding hydrogens is 1430 g/mol. The first kappa shape index (κ1) is 106. The Kier molecular flexibility index (Phi) is 80.0. The molecule has 0 aliphatic rings. The van der Waals surface area contributed by atoms with Crippen molar-refractivity contribution in [3.05, 3.63) is 182 Å². The SMILES string of the molecule is CC/C=C\C/C=C\C/C=C\C/C=C\C/C=C\C/C=C\CCCCC(=O)OCC(COP(=O)(O)OCC(O)COP(=O)(O)OCC(O)COC(=O)CCCCCCCCCCCCCCCCCCC/C=C\C/C=C\C/C=C\C/C=C\C/C=C\CC)OC(=O)CCCCCCC/C=C\C/C=C\C/C=C\C/C=C\CCCCC. The van der Waals surface area contributed by atoms with Crippen molar-refractivity contribution in [2.24, 2.45) is 0 Å². The van der Waals surface area contributed by atoms with Gasteiger partial charge in [0.15, 0.2) is 6.10 Å². The molecular formula is C93H154O16P2. The van der Waals surface area contributed by atoms with E-state index in [4.69, 9.17) is 32.3 Å². The smallest absolute Gasteiger partial charge is 0.463 e. The van der Waals surface area contributed by atoms with Gasteiger partial charge in [0.05, 0.1) is 26.4 Å². The summed E-state index contributed by atoms with van der Waals surface area (Å²) in [5.41, 5.74) is 0. The van der Waals surface area contributed by atoms with Crippen molar-refractivity contribution in [2.75, 3.05) is 39.6 Å². The van der Waals surface area contributed by atoms with Gasteiger partial charge < -0.3 is 34.2 Å². The molecule has 4 N–H and O–H groups in total. The number of rotatable bonds is 80. The minimum absolute atomic E-state index is 0.0673. The lowest BCUT2D eigenvalue weighted by Crippen LogP contribution is -2.30. The Hall–Kier alpha value is -5.35. The second kappa shape index (κ2) is 84.1. The van der Waals surface area contributed by atoms with Crippen molar-refractivity contribution in [3.8, 4) is 0 Å². The molecule has 0 fully saturated rings. The first-order chi connectivity index (χ1) is 54.2. The summed E-state index contributed by atoms with van der Waals surface area (Å²) < 4.78 is 61.3. The number of allylic oxidation sites excluding steroid dienone is 30. The number of unbranched alkanes of at least 4 members (excludes halogenated alkanes) is 27. The second-order valence-electron chi connectivity index (χ2n) is 28.2. The van der Waals surface area contributed by atoms with Gasteiger partial charge in [-0.2, -0.15) is 0 Å². The van der Waals surface area contributed by atoms with Crippen LogP contribution in [0.4, 0.5) is 0 Å². The Morgan fingerprint density at radius 1 is 0.261 bits per heavy atom. The summed E-state index contributed by atoms with van der Waals surface area (Å²) in [6.07, 6.45) is 109. The normalized spacial score (nSPS) is 14.8. The molecule has 0 bridgehead atoms. The molecule has 0 spiro atoms. The zero-order valence-corrected chi connectivity index (χ0v) is 71.1. The van der Waals surface area contributed by atoms with Gasteiger partial charge in [0.25, 0.3) is 0 Å². The molecule has 0 rings (SSSR count). The van der Waals surface area contributed by atoms with Crippen molar-refractivity contribution in [1.29, 1.82) is 0 Å². The van der Waals surface area contributed by atoms with Crippen LogP contribution in [0.15, 0.2) is 182 Å². The fourth-order valence-corrected chi connectivity index (χ4v) is 12.7. The second-order valence-corrected chi connectivity index (χ2v) is 31.1. The van der Waals surface area contributed by atoms with Gasteiger partial charge in [0, 0.05) is 19.3 Å². The molecule has 0 radical (unpaired) electrons. The fourth-order valence-electron chi connectivity index (χ4n) is 11.1. The predicted octanol–water partition coefficient (Wildman–Crippen LogP) is 26.1. The molecule has 0 saturated heterocycles. The summed E-state index contributed by atoms with van der Waals surface area (Å²) in [4.78, 5) is 58.8. The van der Waals surface area contributed by atoms with Crippen molar-refractivity contribution in [2.45, 2.75) is 347 Å². The van der Waals surface area contributed by atoms with Gasteiger partial charge in [-0.15, -0.1) is 0 Å². The molecule has 0 heterocycles. The van der Waals surface area contributed by atoms with Gasteiger partial charge in [0.2, 0.25) is 0 Å². The Balaban J connectivity index is 4.59. The van der Waals surface area contributed by atoms with Gasteiger partial charge in [-0.05, 0) is 161 Å². The average Bonchev–Trinajstić information content (AvgIpc) is 0.902. The van der Waals surface area contributed by atoms with Crippen LogP contribution in [-0.2, 0) is 55.8 Å². The number of aliphatic hydroxyl groups excluding tert-OH is 2. The molecule has 111 heavy (non-hydrogen) atoms. The molecule has 0 saturated carbocycles. The van der Waals surface area contributed by atoms with Crippen molar-refractivity contribution in [1.82, 2.24) is 0 Å². The summed E-state index contributed by atoms with van der Waals surface area (Å²) in [5.74, 6) is -1.65. The lowest BCUT2D eigenvalue weighted by molar-refractivity contribution is -0.161. The van der Waals surface area contributed by atoms with Crippen LogP contribution >= 0.6 is 15.6 Å². The van der Waals surface area contributed by atoms with Crippen molar-refractivity contribution >= 4 is 33.6 Å². The van der Waals surface area contributed by atoms with Crippen LogP contribution in [0.1, 0.15) is 329 Å². The van der Waals surface area contributed by atoms with Crippen LogP contribution < -0.4 is 0 Å². The number of hydrogen-bond acceptors (Lipinski definition) is 14. The molecule has 0 aromatic rings. The Morgan fingerprint density at radius 3 is 0.775 bits per heavy atom. The van der Waals surface area contributed by atoms with Crippen molar-refractivity contribution in [3.63, 3.8) is 0 Å². The molecule has 5 atom stereocenters. The van der Waals surface area contributed by atoms with E-state index < -0.39 is 91.5 Å². The standard InChI is InChI=1S/C93H154O16P2/c1-4-7-10-13-16-19-22-25-28-31-34-37-38-39-40-41-42-43-44-45-46-47-48-51-53-55-58-61-64-67-70-73-76-79-91(96)103-82-88(94)83-105-110(99,100)106-84-89(95)85-107-111(101,102)108-87-90(109-93(98)81-78-75-72-69-66-63-60-57-54-50-36-33-30-27-24-21-18-15-12-9-6-3)86-104-92(97)80-77-74-71-68-65-62-59-56-52-49-35-32-29-26-23-20-17-14-11-8-5-2/h7-8,10-11,16-21,25-30,34-37,39-40,49-50,56-57,59-60,65,68,88-90,94-95H,4-6,9,12-15,22-24,31-33,38,41-48,51-55,58,61-64,66-67,69-87H2,1-3H3,(H,99,100)(H,101,102)/b10-7-,11-8-,19-16-,20-17-,21-18-,28-25-,29-26-,30-27-,37-34-,40-39-,49-35-,50-36-,59-56-,60-57-,68-65-. The van der Waals surface area contributed by atoms with Gasteiger partial charge in [0.1, 0.15) is 25.4 Å². The zero-order valence-electron chi connectivity index (χ0n) is 69.3. The van der Waals surface area contributed by atoms with E-state index in [1.165, 1.54) is 109 Å². The van der Waals surface area contributed by atoms with E-state index in [9.17, 15) is 43.5 Å². The van der Waals surface area contributed by atoms with Gasteiger partial charge >= 0.3 is 33.6 Å². The highest BCUT2D eigenvalue weighted by Gasteiger charge is 2.29. The van der Waals surface area contributed by atoms with Gasteiger partial charge in [-0.3, -0.25) is 32.5 Å². The highest BCUT2D eigenvalue weighted by Crippen LogP contribution is 2.45. The minimum atomic E-state index is -4.96. The summed E-state index contributed by atoms with van der Waals surface area (Å²) in [7, 11) is -9.83. The predicted molar refractivity (Wildman–Crippen MR) is 463 cm³/mol. The Bertz CT molecular complexity index is 2750. The van der Waals surface area contributed by atoms with E-state index in [2.05, 4.69) is 203 Å². The number of aliphatic hydroxyl groups is 2. The van der Waals surface area contributed by atoms with Crippen LogP contribution in [-0.4, -0.2) is 95.9 Å². The molecule has 5 unspecified atom stereocenters. The van der Waals surface area contributed by atoms with Crippen LogP contribution in [0.2, 0.25) is 0 Å². The van der Waals surface area contributed by atoms with Crippen molar-refractivity contribution < 1.29 is 75.8 Å². The zero-order chi connectivity index (χ0) is 80.8. The molecule has 18 heteroatoms. The largest absolute Gasteiger partial charge is 0.472 e. The number of ether oxygens (including phenoxy) is 3. The third-order valence-electron chi connectivity index (χ3n) is 17.6. The highest BCUT2D eigenvalue weighted by atomic mass is 31.2. The monoisotopic (exact) mass is 1590 g/mol. The third kappa shape index (κ3) is 85.4. The van der Waals surface area contributed by atoms with E-state index in [0.29, 0.717) is 19.3 Å². The summed E-state index contributed by atoms with van der Waals surface area (Å²) in [5, 5.41) is 20.7. The van der Waals surface area contributed by atoms with E-state index in [0.717, 1.165) is 161 Å². The molecule has 16 nitrogen and oxygen atoms in total. The van der Waals surface area contributed by atoms with Crippen LogP contribution in [0.25, 0.3) is 0 Å². The number of phosphoric ester groups is 2. The minimum Gasteiger partial charge on any atom is -0.463 e. The first-order valence-corrected chi connectivity index (χ1v) is 46.1. The van der Waals surface area contributed by atoms with Crippen LogP contribution in [0, 0.1) is 0 Å². The maximum atomic E-state index is 13.0. The third-order valence-corrected chi connectivity index (χ3v) is 19.5. The fraction of sp³-hybridized carbons (Fsp3) is 0.645. The molecule has 0 aromatic carbocycles. The highest BCUT2D eigenvalue weighted by molar-refractivity contribution is 7.47. The summed E-state index contributed by atoms with van der Waals surface area (Å²) >= 11 is 0. The molecule has 0 aliphatic carbocycles. The molecule has 0 aromatic heterocycles. The number of hydrogen-bond donors (Lipinski definition) is 4. The van der Waals surface area contributed by atoms with E-state index in [1.54, 1.807) is 0 Å². The van der Waals surface area contributed by atoms with Crippen LogP contribution in [0.3, 0.4) is 0 Å². The maximum Gasteiger partial charge on any atom is 0.472 e.